The summed E-state index contributed by atoms with van der Waals surface area (Å²) in [5.74, 6) is 1.13. The van der Waals surface area contributed by atoms with E-state index in [1.54, 1.807) is 0 Å². The van der Waals surface area contributed by atoms with Crippen molar-refractivity contribution in [2.75, 3.05) is 11.1 Å². The topological polar surface area (TPSA) is 35.8 Å². The SMILES string of the molecule is CC1SCCCC1(C#N)Nc1ccccc1Cl. The van der Waals surface area contributed by atoms with Gasteiger partial charge < -0.3 is 5.32 Å². The first-order valence-corrected chi connectivity index (χ1v) is 7.16. The molecule has 1 heterocycles. The number of nitriles is 1. The average molecular weight is 267 g/mol. The molecule has 1 fully saturated rings. The quantitative estimate of drug-likeness (QED) is 0.881. The molecule has 0 saturated carbocycles. The number of para-hydroxylation sites is 1. The number of hydrogen-bond acceptors (Lipinski definition) is 3. The number of thioether (sulfide) groups is 1. The second kappa shape index (κ2) is 5.20. The van der Waals surface area contributed by atoms with Crippen LogP contribution in [0.25, 0.3) is 0 Å². The summed E-state index contributed by atoms with van der Waals surface area (Å²) in [7, 11) is 0. The van der Waals surface area contributed by atoms with Gasteiger partial charge in [0.15, 0.2) is 0 Å². The molecule has 2 rings (SSSR count). The molecule has 1 aliphatic heterocycles. The Balaban J connectivity index is 2.26. The third-order valence-electron chi connectivity index (χ3n) is 3.21. The van der Waals surface area contributed by atoms with Gasteiger partial charge in [-0.3, -0.25) is 0 Å². The van der Waals surface area contributed by atoms with Crippen molar-refractivity contribution >= 4 is 29.1 Å². The third-order valence-corrected chi connectivity index (χ3v) is 4.96. The predicted molar refractivity (Wildman–Crippen MR) is 74.6 cm³/mol. The molecule has 0 aliphatic carbocycles. The molecular formula is C13H15ClN2S. The molecule has 90 valence electrons. The molecule has 2 atom stereocenters. The highest BCUT2D eigenvalue weighted by atomic mass is 35.5. The van der Waals surface area contributed by atoms with Gasteiger partial charge in [-0.15, -0.1) is 0 Å². The Kier molecular flexibility index (Phi) is 3.86. The maximum Gasteiger partial charge on any atom is 0.137 e. The fourth-order valence-corrected chi connectivity index (χ4v) is 3.46. The highest BCUT2D eigenvalue weighted by molar-refractivity contribution is 8.00. The fraction of sp³-hybridized carbons (Fsp3) is 0.462. The van der Waals surface area contributed by atoms with Crippen LogP contribution in [0, 0.1) is 11.3 Å². The fourth-order valence-electron chi connectivity index (χ4n) is 2.10. The van der Waals surface area contributed by atoms with Crippen molar-refractivity contribution in [3.63, 3.8) is 0 Å². The maximum atomic E-state index is 9.50. The highest BCUT2D eigenvalue weighted by Gasteiger charge is 2.39. The summed E-state index contributed by atoms with van der Waals surface area (Å²) in [6, 6.07) is 10.0. The number of benzene rings is 1. The molecule has 1 saturated heterocycles. The normalized spacial score (nSPS) is 28.4. The smallest absolute Gasteiger partial charge is 0.137 e. The van der Waals surface area contributed by atoms with Crippen LogP contribution in [-0.2, 0) is 0 Å². The standard InChI is InChI=1S/C13H15ClN2S/c1-10-13(9-15,7-4-8-17-10)16-12-6-3-2-5-11(12)14/h2-3,5-6,10,16H,4,7-8H2,1H3. The van der Waals surface area contributed by atoms with Gasteiger partial charge >= 0.3 is 0 Å². The monoisotopic (exact) mass is 266 g/mol. The maximum absolute atomic E-state index is 9.50. The van der Waals surface area contributed by atoms with E-state index < -0.39 is 5.54 Å². The van der Waals surface area contributed by atoms with Gasteiger partial charge in [-0.25, -0.2) is 0 Å². The first-order chi connectivity index (χ1) is 8.18. The van der Waals surface area contributed by atoms with Crippen LogP contribution >= 0.6 is 23.4 Å². The summed E-state index contributed by atoms with van der Waals surface area (Å²) in [6.07, 6.45) is 1.95. The van der Waals surface area contributed by atoms with Crippen molar-refractivity contribution in [2.45, 2.75) is 30.6 Å². The summed E-state index contributed by atoms with van der Waals surface area (Å²) >= 11 is 7.98. The summed E-state index contributed by atoms with van der Waals surface area (Å²) < 4.78 is 0. The van der Waals surface area contributed by atoms with Gasteiger partial charge in [0.05, 0.1) is 16.8 Å². The molecule has 1 aromatic carbocycles. The van der Waals surface area contributed by atoms with Gasteiger partial charge in [0.1, 0.15) is 5.54 Å². The lowest BCUT2D eigenvalue weighted by Crippen LogP contribution is -2.47. The molecule has 2 nitrogen and oxygen atoms in total. The van der Waals surface area contributed by atoms with E-state index in [4.69, 9.17) is 11.6 Å². The molecule has 1 aliphatic rings. The molecule has 0 spiro atoms. The van der Waals surface area contributed by atoms with Crippen LogP contribution in [0.15, 0.2) is 24.3 Å². The minimum absolute atomic E-state index is 0.275. The number of nitrogens with one attached hydrogen (secondary N) is 1. The first kappa shape index (κ1) is 12.6. The Labute approximate surface area is 111 Å². The zero-order valence-electron chi connectivity index (χ0n) is 9.74. The van der Waals surface area contributed by atoms with Gasteiger partial charge in [0, 0.05) is 5.25 Å². The molecule has 0 aromatic heterocycles. The van der Waals surface area contributed by atoms with Crippen molar-refractivity contribution in [2.24, 2.45) is 0 Å². The van der Waals surface area contributed by atoms with E-state index in [0.717, 1.165) is 24.3 Å². The largest absolute Gasteiger partial charge is 0.365 e. The Bertz CT molecular complexity index is 443. The molecule has 0 bridgehead atoms. The summed E-state index contributed by atoms with van der Waals surface area (Å²) in [6.45, 7) is 2.11. The van der Waals surface area contributed by atoms with E-state index in [0.29, 0.717) is 5.02 Å². The Morgan fingerprint density at radius 3 is 2.94 bits per heavy atom. The van der Waals surface area contributed by atoms with Crippen molar-refractivity contribution < 1.29 is 0 Å². The van der Waals surface area contributed by atoms with Gasteiger partial charge in [0.2, 0.25) is 0 Å². The van der Waals surface area contributed by atoms with Crippen LogP contribution in [-0.4, -0.2) is 16.5 Å². The summed E-state index contributed by atoms with van der Waals surface area (Å²) in [4.78, 5) is 0. The first-order valence-electron chi connectivity index (χ1n) is 5.73. The molecular weight excluding hydrogens is 252 g/mol. The van der Waals surface area contributed by atoms with E-state index >= 15 is 0 Å². The Morgan fingerprint density at radius 2 is 2.29 bits per heavy atom. The molecule has 2 unspecified atom stereocenters. The molecule has 1 aromatic rings. The van der Waals surface area contributed by atoms with Crippen LogP contribution in [0.5, 0.6) is 0 Å². The number of rotatable bonds is 2. The van der Waals surface area contributed by atoms with Crippen LogP contribution in [0.4, 0.5) is 5.69 Å². The van der Waals surface area contributed by atoms with Crippen molar-refractivity contribution in [1.29, 1.82) is 5.26 Å². The second-order valence-corrected chi connectivity index (χ2v) is 6.16. The lowest BCUT2D eigenvalue weighted by molar-refractivity contribution is 0.513. The van der Waals surface area contributed by atoms with E-state index in [2.05, 4.69) is 18.3 Å². The van der Waals surface area contributed by atoms with E-state index in [1.807, 2.05) is 36.0 Å². The average Bonchev–Trinajstić information content (AvgIpc) is 2.35. The zero-order valence-corrected chi connectivity index (χ0v) is 11.3. The lowest BCUT2D eigenvalue weighted by Gasteiger charge is -2.38. The molecule has 4 heteroatoms. The van der Waals surface area contributed by atoms with Crippen LogP contribution in [0.2, 0.25) is 5.02 Å². The zero-order chi connectivity index (χ0) is 12.3. The van der Waals surface area contributed by atoms with E-state index in [1.165, 1.54) is 0 Å². The minimum Gasteiger partial charge on any atom is -0.365 e. The Hall–Kier alpha value is -0.850. The Morgan fingerprint density at radius 1 is 1.53 bits per heavy atom. The number of anilines is 1. The molecule has 0 amide bonds. The van der Waals surface area contributed by atoms with Crippen LogP contribution in [0.1, 0.15) is 19.8 Å². The van der Waals surface area contributed by atoms with Crippen LogP contribution in [0.3, 0.4) is 0 Å². The third kappa shape index (κ3) is 2.53. The van der Waals surface area contributed by atoms with Crippen molar-refractivity contribution in [3.8, 4) is 6.07 Å². The number of halogens is 1. The van der Waals surface area contributed by atoms with Gasteiger partial charge in [0.25, 0.3) is 0 Å². The van der Waals surface area contributed by atoms with Gasteiger partial charge in [-0.05, 0) is 37.7 Å². The minimum atomic E-state index is -0.492. The van der Waals surface area contributed by atoms with Crippen molar-refractivity contribution in [3.05, 3.63) is 29.3 Å². The predicted octanol–water partition coefficient (Wildman–Crippen LogP) is 3.93. The summed E-state index contributed by atoms with van der Waals surface area (Å²) in [5, 5.41) is 13.8. The molecule has 17 heavy (non-hydrogen) atoms. The lowest BCUT2D eigenvalue weighted by atomic mass is 9.91. The number of hydrogen-bond donors (Lipinski definition) is 1. The van der Waals surface area contributed by atoms with Gasteiger partial charge in [-0.1, -0.05) is 23.7 Å². The van der Waals surface area contributed by atoms with E-state index in [-0.39, 0.29) is 5.25 Å². The molecule has 0 radical (unpaired) electrons. The van der Waals surface area contributed by atoms with Crippen molar-refractivity contribution in [1.82, 2.24) is 0 Å². The summed E-state index contributed by atoms with van der Waals surface area (Å²) in [5.41, 5.74) is 0.360. The van der Waals surface area contributed by atoms with E-state index in [9.17, 15) is 5.26 Å². The van der Waals surface area contributed by atoms with Crippen LogP contribution < -0.4 is 5.32 Å². The number of nitrogens with zero attached hydrogens (tertiary/aromatic N) is 1. The second-order valence-electron chi connectivity index (χ2n) is 4.30. The van der Waals surface area contributed by atoms with Gasteiger partial charge in [-0.2, -0.15) is 17.0 Å². The molecule has 1 N–H and O–H groups in total. The highest BCUT2D eigenvalue weighted by Crippen LogP contribution is 2.37.